The van der Waals surface area contributed by atoms with E-state index in [1.807, 2.05) is 18.2 Å². The van der Waals surface area contributed by atoms with Crippen LogP contribution in [0, 0.1) is 0 Å². The van der Waals surface area contributed by atoms with E-state index in [1.54, 1.807) is 0 Å². The number of hydrogen-bond donors (Lipinski definition) is 0. The van der Waals surface area contributed by atoms with Gasteiger partial charge in [-0.25, -0.2) is 4.79 Å². The third-order valence-corrected chi connectivity index (χ3v) is 3.60. The molecule has 0 N–H and O–H groups in total. The highest BCUT2D eigenvalue weighted by atomic mass is 32.1. The molecule has 0 radical (unpaired) electrons. The predicted octanol–water partition coefficient (Wildman–Crippen LogP) is 3.25. The number of aryl methyl sites for hydroxylation is 1. The summed E-state index contributed by atoms with van der Waals surface area (Å²) in [6.45, 7) is 2.12. The SMILES string of the molecule is CCc1cccc2cc(C(=O)OC)sc12. The number of hydrogen-bond acceptors (Lipinski definition) is 3. The van der Waals surface area contributed by atoms with Crippen molar-refractivity contribution >= 4 is 27.4 Å². The van der Waals surface area contributed by atoms with Crippen LogP contribution in [0.3, 0.4) is 0 Å². The van der Waals surface area contributed by atoms with Gasteiger partial charge < -0.3 is 4.74 Å². The van der Waals surface area contributed by atoms with Crippen LogP contribution in [0.15, 0.2) is 24.3 Å². The summed E-state index contributed by atoms with van der Waals surface area (Å²) in [6.07, 6.45) is 0.985. The highest BCUT2D eigenvalue weighted by Crippen LogP contribution is 2.29. The Morgan fingerprint density at radius 3 is 2.93 bits per heavy atom. The van der Waals surface area contributed by atoms with Crippen LogP contribution < -0.4 is 0 Å². The van der Waals surface area contributed by atoms with Gasteiger partial charge in [-0.1, -0.05) is 25.1 Å². The Morgan fingerprint density at radius 2 is 2.27 bits per heavy atom. The molecule has 0 saturated carbocycles. The van der Waals surface area contributed by atoms with Gasteiger partial charge in [-0.15, -0.1) is 11.3 Å². The molecule has 0 amide bonds. The molecule has 0 bridgehead atoms. The van der Waals surface area contributed by atoms with Gasteiger partial charge in [0, 0.05) is 4.70 Å². The first-order valence-corrected chi connectivity index (χ1v) is 5.67. The van der Waals surface area contributed by atoms with Crippen molar-refractivity contribution in [2.75, 3.05) is 7.11 Å². The second-order valence-corrected chi connectivity index (χ2v) is 4.34. The van der Waals surface area contributed by atoms with Gasteiger partial charge in [0.25, 0.3) is 0 Å². The summed E-state index contributed by atoms with van der Waals surface area (Å²) < 4.78 is 5.91. The second-order valence-electron chi connectivity index (χ2n) is 3.29. The minimum Gasteiger partial charge on any atom is -0.465 e. The maximum absolute atomic E-state index is 11.4. The average molecular weight is 220 g/mol. The lowest BCUT2D eigenvalue weighted by Gasteiger charge is -1.96. The smallest absolute Gasteiger partial charge is 0.348 e. The Labute approximate surface area is 92.5 Å². The minimum absolute atomic E-state index is 0.252. The lowest BCUT2D eigenvalue weighted by atomic mass is 10.1. The second kappa shape index (κ2) is 4.03. The van der Waals surface area contributed by atoms with E-state index in [4.69, 9.17) is 4.74 Å². The predicted molar refractivity (Wildman–Crippen MR) is 62.5 cm³/mol. The molecule has 1 aromatic heterocycles. The van der Waals surface area contributed by atoms with Gasteiger partial charge >= 0.3 is 5.97 Å². The average Bonchev–Trinajstić information content (AvgIpc) is 2.71. The minimum atomic E-state index is -0.252. The molecule has 2 nitrogen and oxygen atoms in total. The van der Waals surface area contributed by atoms with E-state index in [1.165, 1.54) is 28.7 Å². The highest BCUT2D eigenvalue weighted by molar-refractivity contribution is 7.21. The molecular formula is C12H12O2S. The van der Waals surface area contributed by atoms with E-state index in [2.05, 4.69) is 13.0 Å². The number of rotatable bonds is 2. The molecule has 1 heterocycles. The number of fused-ring (bicyclic) bond motifs is 1. The van der Waals surface area contributed by atoms with E-state index in [0.717, 1.165) is 11.8 Å². The molecule has 0 fully saturated rings. The van der Waals surface area contributed by atoms with E-state index >= 15 is 0 Å². The fraction of sp³-hybridized carbons (Fsp3) is 0.250. The van der Waals surface area contributed by atoms with Crippen LogP contribution in [0.1, 0.15) is 22.2 Å². The van der Waals surface area contributed by atoms with Crippen molar-refractivity contribution in [3.05, 3.63) is 34.7 Å². The molecule has 0 unspecified atom stereocenters. The standard InChI is InChI=1S/C12H12O2S/c1-3-8-5-4-6-9-7-10(12(13)14-2)15-11(8)9/h4-7H,3H2,1-2H3. The largest absolute Gasteiger partial charge is 0.465 e. The summed E-state index contributed by atoms with van der Waals surface area (Å²) in [6, 6.07) is 8.04. The lowest BCUT2D eigenvalue weighted by molar-refractivity contribution is 0.0606. The number of benzene rings is 1. The van der Waals surface area contributed by atoms with E-state index < -0.39 is 0 Å². The Balaban J connectivity index is 2.60. The summed E-state index contributed by atoms with van der Waals surface area (Å²) in [5.74, 6) is -0.252. The molecule has 1 aromatic carbocycles. The fourth-order valence-electron chi connectivity index (χ4n) is 1.60. The van der Waals surface area contributed by atoms with Crippen molar-refractivity contribution in [3.63, 3.8) is 0 Å². The molecule has 0 aliphatic carbocycles. The summed E-state index contributed by atoms with van der Waals surface area (Å²) in [5, 5.41) is 1.12. The lowest BCUT2D eigenvalue weighted by Crippen LogP contribution is -1.96. The molecule has 2 aromatic rings. The van der Waals surface area contributed by atoms with Crippen molar-refractivity contribution in [1.29, 1.82) is 0 Å². The quantitative estimate of drug-likeness (QED) is 0.726. The Morgan fingerprint density at radius 1 is 1.47 bits per heavy atom. The summed E-state index contributed by atoms with van der Waals surface area (Å²) in [5.41, 5.74) is 1.28. The number of carbonyl (C=O) groups is 1. The summed E-state index contributed by atoms with van der Waals surface area (Å²) in [7, 11) is 1.41. The Hall–Kier alpha value is -1.35. The first-order chi connectivity index (χ1) is 7.26. The van der Waals surface area contributed by atoms with Gasteiger partial charge in [0.15, 0.2) is 0 Å². The maximum atomic E-state index is 11.4. The van der Waals surface area contributed by atoms with Crippen LogP contribution in [-0.4, -0.2) is 13.1 Å². The van der Waals surface area contributed by atoms with E-state index in [-0.39, 0.29) is 5.97 Å². The number of ether oxygens (including phenoxy) is 1. The van der Waals surface area contributed by atoms with Gasteiger partial charge in [0.2, 0.25) is 0 Å². The number of methoxy groups -OCH3 is 1. The van der Waals surface area contributed by atoms with Crippen molar-refractivity contribution in [1.82, 2.24) is 0 Å². The molecule has 78 valence electrons. The maximum Gasteiger partial charge on any atom is 0.348 e. The third-order valence-electron chi connectivity index (χ3n) is 2.39. The first kappa shape index (κ1) is 10.2. The molecule has 3 heteroatoms. The highest BCUT2D eigenvalue weighted by Gasteiger charge is 2.11. The molecule has 0 spiro atoms. The molecule has 0 atom stereocenters. The normalized spacial score (nSPS) is 10.5. The molecule has 15 heavy (non-hydrogen) atoms. The Kier molecular flexibility index (Phi) is 2.73. The number of esters is 1. The van der Waals surface area contributed by atoms with Gasteiger partial charge in [0.1, 0.15) is 4.88 Å². The van der Waals surface area contributed by atoms with Crippen LogP contribution >= 0.6 is 11.3 Å². The van der Waals surface area contributed by atoms with Crippen LogP contribution in [0.25, 0.3) is 10.1 Å². The molecule has 0 saturated heterocycles. The van der Waals surface area contributed by atoms with Crippen molar-refractivity contribution in [3.8, 4) is 0 Å². The van der Waals surface area contributed by atoms with Gasteiger partial charge in [0.05, 0.1) is 7.11 Å². The zero-order valence-corrected chi connectivity index (χ0v) is 9.56. The van der Waals surface area contributed by atoms with Crippen LogP contribution in [-0.2, 0) is 11.2 Å². The number of thiophene rings is 1. The monoisotopic (exact) mass is 220 g/mol. The zero-order chi connectivity index (χ0) is 10.8. The number of carbonyl (C=O) groups excluding carboxylic acids is 1. The van der Waals surface area contributed by atoms with Crippen LogP contribution in [0.4, 0.5) is 0 Å². The van der Waals surface area contributed by atoms with Gasteiger partial charge in [-0.2, -0.15) is 0 Å². The fourth-order valence-corrected chi connectivity index (χ4v) is 2.76. The molecule has 2 rings (SSSR count). The van der Waals surface area contributed by atoms with Crippen molar-refractivity contribution in [2.45, 2.75) is 13.3 Å². The summed E-state index contributed by atoms with van der Waals surface area (Å²) >= 11 is 1.51. The van der Waals surface area contributed by atoms with Gasteiger partial charge in [-0.3, -0.25) is 0 Å². The van der Waals surface area contributed by atoms with Crippen LogP contribution in [0.2, 0.25) is 0 Å². The zero-order valence-electron chi connectivity index (χ0n) is 8.74. The van der Waals surface area contributed by atoms with E-state index in [9.17, 15) is 4.79 Å². The van der Waals surface area contributed by atoms with Crippen molar-refractivity contribution < 1.29 is 9.53 Å². The topological polar surface area (TPSA) is 26.3 Å². The van der Waals surface area contributed by atoms with Gasteiger partial charge in [-0.05, 0) is 23.4 Å². The summed E-state index contributed by atoms with van der Waals surface area (Å²) in [4.78, 5) is 12.0. The molecular weight excluding hydrogens is 208 g/mol. The first-order valence-electron chi connectivity index (χ1n) is 4.86. The molecule has 0 aliphatic heterocycles. The van der Waals surface area contributed by atoms with Crippen molar-refractivity contribution in [2.24, 2.45) is 0 Å². The van der Waals surface area contributed by atoms with E-state index in [0.29, 0.717) is 4.88 Å². The third kappa shape index (κ3) is 1.75. The van der Waals surface area contributed by atoms with Crippen LogP contribution in [0.5, 0.6) is 0 Å². The molecule has 0 aliphatic rings. The Bertz CT molecular complexity index is 499.